The molecule has 0 aromatic heterocycles. The summed E-state index contributed by atoms with van der Waals surface area (Å²) < 4.78 is 44.5. The van der Waals surface area contributed by atoms with Crippen LogP contribution in [0.5, 0.6) is 5.75 Å². The van der Waals surface area contributed by atoms with Crippen LogP contribution in [0.15, 0.2) is 41.3 Å². The quantitative estimate of drug-likeness (QED) is 0.663. The van der Waals surface area contributed by atoms with Gasteiger partial charge in [-0.25, -0.2) is 17.1 Å². The highest BCUT2D eigenvalue weighted by molar-refractivity contribution is 7.89. The molecule has 0 atom stereocenters. The van der Waals surface area contributed by atoms with Crippen LogP contribution in [-0.4, -0.2) is 40.0 Å². The topological polar surface area (TPSA) is 58.6 Å². The number of nitrogens with zero attached hydrogens (tertiary/aromatic N) is 1. The van der Waals surface area contributed by atoms with Gasteiger partial charge in [-0.3, -0.25) is 0 Å². The van der Waals surface area contributed by atoms with Gasteiger partial charge in [-0.05, 0) is 35.9 Å². The van der Waals surface area contributed by atoms with E-state index in [-0.39, 0.29) is 23.8 Å². The van der Waals surface area contributed by atoms with E-state index in [1.165, 1.54) is 44.4 Å². The van der Waals surface area contributed by atoms with Crippen LogP contribution in [0.25, 0.3) is 0 Å². The Morgan fingerprint density at radius 3 is 2.58 bits per heavy atom. The maximum absolute atomic E-state index is 13.2. The summed E-state index contributed by atoms with van der Waals surface area (Å²) in [6, 6.07) is 8.51. The molecule has 26 heavy (non-hydrogen) atoms. The van der Waals surface area contributed by atoms with E-state index in [9.17, 15) is 12.8 Å². The monoisotopic (exact) mass is 420 g/mol. The minimum atomic E-state index is -3.58. The van der Waals surface area contributed by atoms with Crippen LogP contribution in [0.3, 0.4) is 0 Å². The summed E-state index contributed by atoms with van der Waals surface area (Å²) in [6.07, 6.45) is 0. The van der Waals surface area contributed by atoms with Crippen molar-refractivity contribution < 1.29 is 17.5 Å². The molecule has 0 fully saturated rings. The zero-order valence-electron chi connectivity index (χ0n) is 14.3. The number of rotatable bonds is 8. The van der Waals surface area contributed by atoms with Gasteiger partial charge >= 0.3 is 0 Å². The van der Waals surface area contributed by atoms with E-state index < -0.39 is 15.8 Å². The average molecular weight is 421 g/mol. The molecule has 0 heterocycles. The Kier molecular flexibility index (Phi) is 7.25. The molecular weight excluding hydrogens is 402 g/mol. The van der Waals surface area contributed by atoms with E-state index in [2.05, 4.69) is 5.32 Å². The number of nitrogens with one attached hydrogen (secondary N) is 1. The van der Waals surface area contributed by atoms with Gasteiger partial charge < -0.3 is 10.1 Å². The van der Waals surface area contributed by atoms with Crippen molar-refractivity contribution in [2.45, 2.75) is 11.4 Å². The van der Waals surface area contributed by atoms with Crippen LogP contribution >= 0.6 is 23.2 Å². The molecule has 0 radical (unpaired) electrons. The molecule has 0 unspecified atom stereocenters. The molecule has 0 spiro atoms. The van der Waals surface area contributed by atoms with Crippen molar-refractivity contribution in [3.05, 3.63) is 57.8 Å². The highest BCUT2D eigenvalue weighted by atomic mass is 35.5. The van der Waals surface area contributed by atoms with Crippen molar-refractivity contribution >= 4 is 33.2 Å². The fourth-order valence-corrected chi connectivity index (χ4v) is 3.64. The Morgan fingerprint density at radius 2 is 1.88 bits per heavy atom. The van der Waals surface area contributed by atoms with Gasteiger partial charge in [0, 0.05) is 38.3 Å². The van der Waals surface area contributed by atoms with Crippen molar-refractivity contribution in [2.24, 2.45) is 0 Å². The van der Waals surface area contributed by atoms with E-state index in [1.807, 2.05) is 0 Å². The summed E-state index contributed by atoms with van der Waals surface area (Å²) in [5, 5.41) is 3.85. The maximum Gasteiger partial charge on any atom is 0.242 e. The SMILES string of the molecule is CN(C)S(=O)(=O)c1ccc(Cl)cc1CNCCOc1cc(F)ccc1Cl. The molecule has 0 saturated heterocycles. The van der Waals surface area contributed by atoms with Gasteiger partial charge in [0.25, 0.3) is 0 Å². The number of halogens is 3. The molecule has 142 valence electrons. The first-order chi connectivity index (χ1) is 12.2. The molecule has 0 saturated carbocycles. The molecule has 2 aromatic carbocycles. The lowest BCUT2D eigenvalue weighted by Crippen LogP contribution is -2.26. The van der Waals surface area contributed by atoms with Crippen LogP contribution in [0.1, 0.15) is 5.56 Å². The fraction of sp³-hybridized carbons (Fsp3) is 0.294. The standard InChI is InChI=1S/C17H19Cl2FN2O3S/c1-22(2)26(23,24)17-6-3-13(18)9-12(17)11-21-7-8-25-16-10-14(20)4-5-15(16)19/h3-6,9-10,21H,7-8,11H2,1-2H3. The Labute approximate surface area is 162 Å². The second-order valence-electron chi connectivity index (χ2n) is 5.64. The third-order valence-corrected chi connectivity index (χ3v) is 5.99. The van der Waals surface area contributed by atoms with Crippen molar-refractivity contribution in [2.75, 3.05) is 27.2 Å². The maximum atomic E-state index is 13.2. The minimum absolute atomic E-state index is 0.188. The molecule has 2 rings (SSSR count). The smallest absolute Gasteiger partial charge is 0.242 e. The first-order valence-corrected chi connectivity index (χ1v) is 9.91. The molecule has 0 amide bonds. The van der Waals surface area contributed by atoms with Gasteiger partial charge in [0.1, 0.15) is 18.2 Å². The first-order valence-electron chi connectivity index (χ1n) is 7.71. The van der Waals surface area contributed by atoms with Crippen LogP contribution < -0.4 is 10.1 Å². The summed E-state index contributed by atoms with van der Waals surface area (Å²) in [6.45, 7) is 0.920. The molecule has 2 aromatic rings. The second kappa shape index (κ2) is 9.01. The summed E-state index contributed by atoms with van der Waals surface area (Å²) in [4.78, 5) is 0.188. The molecule has 0 aliphatic rings. The molecule has 0 aliphatic heterocycles. The van der Waals surface area contributed by atoms with Crippen molar-refractivity contribution in [1.82, 2.24) is 9.62 Å². The van der Waals surface area contributed by atoms with Crippen molar-refractivity contribution in [1.29, 1.82) is 0 Å². The molecule has 1 N–H and O–H groups in total. The normalized spacial score (nSPS) is 11.8. The fourth-order valence-electron chi connectivity index (χ4n) is 2.18. The summed E-state index contributed by atoms with van der Waals surface area (Å²) >= 11 is 11.9. The molecule has 5 nitrogen and oxygen atoms in total. The van der Waals surface area contributed by atoms with Gasteiger partial charge in [-0.15, -0.1) is 0 Å². The Morgan fingerprint density at radius 1 is 1.15 bits per heavy atom. The van der Waals surface area contributed by atoms with Gasteiger partial charge in [0.05, 0.1) is 9.92 Å². The predicted molar refractivity (Wildman–Crippen MR) is 101 cm³/mol. The third kappa shape index (κ3) is 5.31. The number of hydrogen-bond donors (Lipinski definition) is 1. The van der Waals surface area contributed by atoms with Gasteiger partial charge in [0.15, 0.2) is 0 Å². The van der Waals surface area contributed by atoms with Crippen molar-refractivity contribution in [3.63, 3.8) is 0 Å². The van der Waals surface area contributed by atoms with E-state index in [1.54, 1.807) is 6.07 Å². The predicted octanol–water partition coefficient (Wildman–Crippen LogP) is 3.55. The number of benzene rings is 2. The Hall–Kier alpha value is -1.38. The summed E-state index contributed by atoms with van der Waals surface area (Å²) in [5.41, 5.74) is 0.551. The van der Waals surface area contributed by atoms with Gasteiger partial charge in [-0.2, -0.15) is 0 Å². The lowest BCUT2D eigenvalue weighted by molar-refractivity contribution is 0.312. The highest BCUT2D eigenvalue weighted by Crippen LogP contribution is 2.25. The Bertz CT molecular complexity index is 876. The van der Waals surface area contributed by atoms with E-state index in [4.69, 9.17) is 27.9 Å². The summed E-state index contributed by atoms with van der Waals surface area (Å²) in [5.74, 6) is -0.179. The average Bonchev–Trinajstić information content (AvgIpc) is 2.57. The zero-order valence-corrected chi connectivity index (χ0v) is 16.6. The lowest BCUT2D eigenvalue weighted by atomic mass is 10.2. The van der Waals surface area contributed by atoms with E-state index in [0.717, 1.165) is 4.31 Å². The van der Waals surface area contributed by atoms with Crippen molar-refractivity contribution in [3.8, 4) is 5.75 Å². The second-order valence-corrected chi connectivity index (χ2v) is 8.60. The van der Waals surface area contributed by atoms with Crippen LogP contribution in [-0.2, 0) is 16.6 Å². The number of sulfonamides is 1. The minimum Gasteiger partial charge on any atom is -0.491 e. The van der Waals surface area contributed by atoms with E-state index >= 15 is 0 Å². The third-order valence-electron chi connectivity index (χ3n) is 3.53. The van der Waals surface area contributed by atoms with Gasteiger partial charge in [0.2, 0.25) is 10.0 Å². The number of hydrogen-bond acceptors (Lipinski definition) is 4. The Balaban J connectivity index is 1.97. The lowest BCUT2D eigenvalue weighted by Gasteiger charge is -2.16. The zero-order chi connectivity index (χ0) is 19.3. The molecule has 0 aliphatic carbocycles. The van der Waals surface area contributed by atoms with Gasteiger partial charge in [-0.1, -0.05) is 23.2 Å². The highest BCUT2D eigenvalue weighted by Gasteiger charge is 2.21. The largest absolute Gasteiger partial charge is 0.491 e. The molecular formula is C17H19Cl2FN2O3S. The molecule has 0 bridgehead atoms. The first kappa shape index (κ1) is 20.9. The summed E-state index contributed by atoms with van der Waals surface area (Å²) in [7, 11) is -0.636. The van der Waals surface area contributed by atoms with Crippen LogP contribution in [0.4, 0.5) is 4.39 Å². The number of ether oxygens (including phenoxy) is 1. The molecule has 9 heteroatoms. The van der Waals surface area contributed by atoms with Crippen LogP contribution in [0.2, 0.25) is 10.0 Å². The van der Waals surface area contributed by atoms with Crippen LogP contribution in [0, 0.1) is 5.82 Å². The van der Waals surface area contributed by atoms with E-state index in [0.29, 0.717) is 22.2 Å².